The summed E-state index contributed by atoms with van der Waals surface area (Å²) in [7, 11) is 0. The summed E-state index contributed by atoms with van der Waals surface area (Å²) in [5, 5.41) is 13.3. The number of hydrogen-bond donors (Lipinski definition) is 1. The highest BCUT2D eigenvalue weighted by Crippen LogP contribution is 2.35. The lowest BCUT2D eigenvalue weighted by molar-refractivity contribution is -0.384. The van der Waals surface area contributed by atoms with Gasteiger partial charge in [-0.3, -0.25) is 20.2 Å². The topological polar surface area (TPSA) is 102 Å². The SMILES string of the molecule is CC(C)(C)OC(=O)Nc1c([N+](=O)[O-])ccc(N2CCCCC2=O)c1F. The minimum atomic E-state index is -1.03. The van der Waals surface area contributed by atoms with E-state index in [1.54, 1.807) is 20.8 Å². The fraction of sp³-hybridized carbons (Fsp3) is 0.500. The van der Waals surface area contributed by atoms with Crippen molar-refractivity contribution in [2.24, 2.45) is 0 Å². The number of rotatable bonds is 3. The summed E-state index contributed by atoms with van der Waals surface area (Å²) in [5.74, 6) is -1.29. The van der Waals surface area contributed by atoms with Gasteiger partial charge in [-0.2, -0.15) is 0 Å². The average Bonchev–Trinajstić information content (AvgIpc) is 2.48. The van der Waals surface area contributed by atoms with Crippen LogP contribution in [0.4, 0.5) is 26.2 Å². The van der Waals surface area contributed by atoms with Crippen LogP contribution < -0.4 is 10.2 Å². The molecule has 136 valence electrons. The lowest BCUT2D eigenvalue weighted by Crippen LogP contribution is -2.36. The third-order valence-electron chi connectivity index (χ3n) is 3.54. The van der Waals surface area contributed by atoms with Crippen LogP contribution in [0, 0.1) is 15.9 Å². The van der Waals surface area contributed by atoms with E-state index in [2.05, 4.69) is 5.32 Å². The van der Waals surface area contributed by atoms with E-state index in [-0.39, 0.29) is 18.0 Å². The molecule has 0 aliphatic carbocycles. The number of nitrogens with one attached hydrogen (secondary N) is 1. The minimum absolute atomic E-state index is 0.0960. The number of nitro groups is 1. The van der Waals surface area contributed by atoms with E-state index in [0.29, 0.717) is 19.4 Å². The molecule has 25 heavy (non-hydrogen) atoms. The monoisotopic (exact) mass is 353 g/mol. The lowest BCUT2D eigenvalue weighted by atomic mass is 10.1. The first kappa shape index (κ1) is 18.6. The van der Waals surface area contributed by atoms with Crippen LogP contribution in [0.1, 0.15) is 40.0 Å². The molecule has 0 spiro atoms. The van der Waals surface area contributed by atoms with Crippen LogP contribution in [0.25, 0.3) is 0 Å². The van der Waals surface area contributed by atoms with Crippen molar-refractivity contribution in [1.82, 2.24) is 0 Å². The Balaban J connectivity index is 2.41. The molecular formula is C16H20FN3O5. The second-order valence-corrected chi connectivity index (χ2v) is 6.68. The first-order chi connectivity index (χ1) is 11.6. The minimum Gasteiger partial charge on any atom is -0.444 e. The Morgan fingerprint density at radius 1 is 1.36 bits per heavy atom. The Labute approximate surface area is 144 Å². The number of nitrogens with zero attached hydrogens (tertiary/aromatic N) is 2. The molecule has 0 aromatic heterocycles. The van der Waals surface area contributed by atoms with Gasteiger partial charge in [0.25, 0.3) is 5.69 Å². The Kier molecular flexibility index (Phi) is 5.24. The van der Waals surface area contributed by atoms with Crippen molar-refractivity contribution < 1.29 is 23.6 Å². The van der Waals surface area contributed by atoms with Gasteiger partial charge in [0, 0.05) is 19.0 Å². The summed E-state index contributed by atoms with van der Waals surface area (Å²) in [4.78, 5) is 35.5. The van der Waals surface area contributed by atoms with Gasteiger partial charge >= 0.3 is 6.09 Å². The molecule has 2 amide bonds. The van der Waals surface area contributed by atoms with Gasteiger partial charge < -0.3 is 9.64 Å². The highest BCUT2D eigenvalue weighted by molar-refractivity contribution is 5.96. The highest BCUT2D eigenvalue weighted by Gasteiger charge is 2.29. The molecule has 2 rings (SSSR count). The molecule has 1 fully saturated rings. The average molecular weight is 353 g/mol. The van der Waals surface area contributed by atoms with Crippen LogP contribution in [0.5, 0.6) is 0 Å². The molecule has 9 heteroatoms. The number of ether oxygens (including phenoxy) is 1. The standard InChI is InChI=1S/C16H20FN3O5/c1-16(2,3)25-15(22)18-14-11(20(23)24)8-7-10(13(14)17)19-9-5-4-6-12(19)21/h7-8H,4-6,9H2,1-3H3,(H,18,22). The fourth-order valence-electron chi connectivity index (χ4n) is 2.50. The summed E-state index contributed by atoms with van der Waals surface area (Å²) in [6, 6.07) is 2.24. The van der Waals surface area contributed by atoms with Gasteiger partial charge in [0.05, 0.1) is 10.6 Å². The third kappa shape index (κ3) is 4.43. The smallest absolute Gasteiger partial charge is 0.412 e. The molecule has 8 nitrogen and oxygen atoms in total. The largest absolute Gasteiger partial charge is 0.444 e. The summed E-state index contributed by atoms with van der Waals surface area (Å²) in [6.45, 7) is 5.15. The Morgan fingerprint density at radius 2 is 2.04 bits per heavy atom. The van der Waals surface area contributed by atoms with Crippen LogP contribution in [0.2, 0.25) is 0 Å². The highest BCUT2D eigenvalue weighted by atomic mass is 19.1. The maximum atomic E-state index is 14.9. The quantitative estimate of drug-likeness (QED) is 0.661. The summed E-state index contributed by atoms with van der Waals surface area (Å²) in [5.41, 5.74) is -2.18. The van der Waals surface area contributed by atoms with Gasteiger partial charge in [-0.05, 0) is 39.7 Å². The predicted octanol–water partition coefficient (Wildman–Crippen LogP) is 3.60. The maximum absolute atomic E-state index is 14.9. The van der Waals surface area contributed by atoms with E-state index in [1.165, 1.54) is 11.0 Å². The molecule has 0 radical (unpaired) electrons. The Hall–Kier alpha value is -2.71. The van der Waals surface area contributed by atoms with Crippen LogP contribution in [-0.2, 0) is 9.53 Å². The molecular weight excluding hydrogens is 333 g/mol. The number of carbonyl (C=O) groups is 2. The number of nitro benzene ring substituents is 1. The van der Waals surface area contributed by atoms with Crippen molar-refractivity contribution in [1.29, 1.82) is 0 Å². The van der Waals surface area contributed by atoms with Crippen molar-refractivity contribution in [2.75, 3.05) is 16.8 Å². The van der Waals surface area contributed by atoms with Gasteiger partial charge in [0.1, 0.15) is 5.60 Å². The number of carbonyl (C=O) groups excluding carboxylic acids is 2. The van der Waals surface area contributed by atoms with Crippen LogP contribution in [-0.4, -0.2) is 29.1 Å². The molecule has 1 aliphatic rings. The second kappa shape index (κ2) is 7.04. The number of hydrogen-bond acceptors (Lipinski definition) is 5. The van der Waals surface area contributed by atoms with E-state index in [1.807, 2.05) is 0 Å². The van der Waals surface area contributed by atoms with Gasteiger partial charge in [0.15, 0.2) is 11.5 Å². The van der Waals surface area contributed by atoms with Crippen LogP contribution in [0.15, 0.2) is 12.1 Å². The van der Waals surface area contributed by atoms with Gasteiger partial charge in [-0.15, -0.1) is 0 Å². The molecule has 0 unspecified atom stereocenters. The number of anilines is 2. The second-order valence-electron chi connectivity index (χ2n) is 6.68. The number of halogens is 1. The Morgan fingerprint density at radius 3 is 2.60 bits per heavy atom. The normalized spacial score (nSPS) is 15.0. The molecule has 1 aromatic rings. The molecule has 1 heterocycles. The molecule has 1 N–H and O–H groups in total. The fourth-order valence-corrected chi connectivity index (χ4v) is 2.50. The van der Waals surface area contributed by atoms with Gasteiger partial charge in [-0.25, -0.2) is 9.18 Å². The number of piperidine rings is 1. The first-order valence-corrected chi connectivity index (χ1v) is 7.87. The van der Waals surface area contributed by atoms with Crippen molar-refractivity contribution >= 4 is 29.1 Å². The maximum Gasteiger partial charge on any atom is 0.412 e. The Bertz CT molecular complexity index is 714. The third-order valence-corrected chi connectivity index (χ3v) is 3.54. The lowest BCUT2D eigenvalue weighted by Gasteiger charge is -2.27. The molecule has 1 aromatic carbocycles. The molecule has 1 saturated heterocycles. The van der Waals surface area contributed by atoms with E-state index >= 15 is 0 Å². The van der Waals surface area contributed by atoms with Crippen LogP contribution in [0.3, 0.4) is 0 Å². The van der Waals surface area contributed by atoms with Gasteiger partial charge in [0.2, 0.25) is 5.91 Å². The zero-order valence-electron chi connectivity index (χ0n) is 14.3. The zero-order valence-corrected chi connectivity index (χ0v) is 14.3. The first-order valence-electron chi connectivity index (χ1n) is 7.87. The van der Waals surface area contributed by atoms with Gasteiger partial charge in [-0.1, -0.05) is 0 Å². The summed E-state index contributed by atoms with van der Waals surface area (Å²) in [6.07, 6.45) is 0.687. The summed E-state index contributed by atoms with van der Waals surface area (Å²) < 4.78 is 19.9. The van der Waals surface area contributed by atoms with Crippen LogP contribution >= 0.6 is 0 Å². The molecule has 0 atom stereocenters. The molecule has 0 bridgehead atoms. The predicted molar refractivity (Wildman–Crippen MR) is 89.1 cm³/mol. The van der Waals surface area contributed by atoms with Crippen molar-refractivity contribution in [3.8, 4) is 0 Å². The van der Waals surface area contributed by atoms with E-state index in [0.717, 1.165) is 6.07 Å². The molecule has 1 aliphatic heterocycles. The summed E-state index contributed by atoms with van der Waals surface area (Å²) >= 11 is 0. The van der Waals surface area contributed by atoms with Crippen molar-refractivity contribution in [3.63, 3.8) is 0 Å². The number of benzene rings is 1. The van der Waals surface area contributed by atoms with E-state index in [9.17, 15) is 24.1 Å². The zero-order chi connectivity index (χ0) is 18.8. The van der Waals surface area contributed by atoms with E-state index < -0.39 is 33.8 Å². The number of amides is 2. The van der Waals surface area contributed by atoms with Crippen molar-refractivity contribution in [3.05, 3.63) is 28.1 Å². The van der Waals surface area contributed by atoms with E-state index in [4.69, 9.17) is 4.74 Å². The van der Waals surface area contributed by atoms with Crippen molar-refractivity contribution in [2.45, 2.75) is 45.6 Å². The molecule has 0 saturated carbocycles.